The number of nitrogens with zero attached hydrogens (tertiary/aromatic N) is 1. The van der Waals surface area contributed by atoms with E-state index in [1.54, 1.807) is 0 Å². The van der Waals surface area contributed by atoms with E-state index in [-0.39, 0.29) is 11.1 Å². The number of hydrogen-bond acceptors (Lipinski definition) is 1. The fourth-order valence-electron chi connectivity index (χ4n) is 4.65. The van der Waals surface area contributed by atoms with Crippen molar-refractivity contribution in [3.63, 3.8) is 0 Å². The third-order valence-corrected chi connectivity index (χ3v) is 6.66. The molecule has 1 spiro atoms. The molecule has 2 atom stereocenters. The Hall–Kier alpha value is -0.240. The number of alkyl halides is 2. The van der Waals surface area contributed by atoms with Gasteiger partial charge < -0.3 is 0 Å². The average molecular weight is 296 g/mol. The molecule has 1 aliphatic carbocycles. The summed E-state index contributed by atoms with van der Waals surface area (Å²) in [6.07, 6.45) is 7.54. The van der Waals surface area contributed by atoms with E-state index in [4.69, 9.17) is 23.2 Å². The molecule has 0 bridgehead atoms. The first-order valence-electron chi connectivity index (χ1n) is 7.29. The maximum Gasteiger partial charge on any atom is 0.195 e. The van der Waals surface area contributed by atoms with Gasteiger partial charge in [-0.2, -0.15) is 0 Å². The van der Waals surface area contributed by atoms with Gasteiger partial charge in [-0.3, -0.25) is 4.90 Å². The predicted molar refractivity (Wildman–Crippen MR) is 79.6 cm³/mol. The van der Waals surface area contributed by atoms with Crippen LogP contribution in [0.4, 0.5) is 0 Å². The van der Waals surface area contributed by atoms with E-state index in [9.17, 15) is 0 Å². The Morgan fingerprint density at radius 3 is 2.47 bits per heavy atom. The zero-order valence-electron chi connectivity index (χ0n) is 11.3. The second-order valence-corrected chi connectivity index (χ2v) is 7.86. The van der Waals surface area contributed by atoms with E-state index >= 15 is 0 Å². The van der Waals surface area contributed by atoms with Crippen LogP contribution < -0.4 is 0 Å². The van der Waals surface area contributed by atoms with Crippen LogP contribution in [0.1, 0.15) is 50.2 Å². The molecule has 1 aromatic carbocycles. The lowest BCUT2D eigenvalue weighted by Crippen LogP contribution is -2.48. The first-order chi connectivity index (χ1) is 9.02. The maximum absolute atomic E-state index is 6.70. The largest absolute Gasteiger partial charge is 0.250 e. The summed E-state index contributed by atoms with van der Waals surface area (Å²) >= 11 is 13.4. The van der Waals surface area contributed by atoms with E-state index in [0.29, 0.717) is 0 Å². The van der Waals surface area contributed by atoms with Crippen LogP contribution in [0.25, 0.3) is 0 Å². The Morgan fingerprint density at radius 2 is 1.74 bits per heavy atom. The summed E-state index contributed by atoms with van der Waals surface area (Å²) in [7, 11) is 0. The molecule has 102 valence electrons. The van der Waals surface area contributed by atoms with E-state index in [2.05, 4.69) is 36.1 Å². The number of fused-ring (bicyclic) bond motifs is 4. The third-order valence-electron chi connectivity index (χ3n) is 5.58. The fourth-order valence-corrected chi connectivity index (χ4v) is 5.64. The molecular formula is C16H19Cl2N. The van der Waals surface area contributed by atoms with E-state index < -0.39 is 4.46 Å². The number of benzene rings is 1. The molecule has 0 N–H and O–H groups in total. The molecule has 0 radical (unpaired) electrons. The van der Waals surface area contributed by atoms with Gasteiger partial charge in [0.25, 0.3) is 0 Å². The highest BCUT2D eigenvalue weighted by molar-refractivity contribution is 6.51. The molecule has 1 nitrogen and oxygen atoms in total. The second kappa shape index (κ2) is 3.69. The monoisotopic (exact) mass is 295 g/mol. The van der Waals surface area contributed by atoms with E-state index in [0.717, 1.165) is 6.42 Å². The smallest absolute Gasteiger partial charge is 0.195 e. The third kappa shape index (κ3) is 1.37. The molecule has 2 aliphatic heterocycles. The predicted octanol–water partition coefficient (Wildman–Crippen LogP) is 4.61. The second-order valence-electron chi connectivity index (χ2n) is 6.57. The lowest BCUT2D eigenvalue weighted by molar-refractivity contribution is 0.109. The van der Waals surface area contributed by atoms with Crippen LogP contribution in [0.5, 0.6) is 0 Å². The first kappa shape index (κ1) is 12.5. The standard InChI is InChI=1S/C16H19Cl2N/c1-14-13-8-4-3-7-12(13)11-15(9-5-2-6-10-15)19(14)16(14,17)18/h3-4,7-8H,2,5-6,9-11H2,1H3. The van der Waals surface area contributed by atoms with Crippen LogP contribution in [0.15, 0.2) is 24.3 Å². The van der Waals surface area contributed by atoms with Gasteiger partial charge in [-0.05, 0) is 37.3 Å². The van der Waals surface area contributed by atoms with Crippen molar-refractivity contribution in [2.75, 3.05) is 0 Å². The van der Waals surface area contributed by atoms with Crippen LogP contribution in [-0.4, -0.2) is 14.9 Å². The Balaban J connectivity index is 1.88. The van der Waals surface area contributed by atoms with Crippen LogP contribution in [0, 0.1) is 0 Å². The van der Waals surface area contributed by atoms with E-state index in [1.807, 2.05) is 0 Å². The summed E-state index contributed by atoms with van der Waals surface area (Å²) in [6.45, 7) is 2.21. The highest BCUT2D eigenvalue weighted by Crippen LogP contribution is 2.72. The molecule has 1 saturated heterocycles. The maximum atomic E-state index is 6.70. The van der Waals surface area contributed by atoms with Crippen LogP contribution in [-0.2, 0) is 12.0 Å². The fraction of sp³-hybridized carbons (Fsp3) is 0.625. The van der Waals surface area contributed by atoms with Crippen molar-refractivity contribution in [2.45, 2.75) is 61.0 Å². The lowest BCUT2D eigenvalue weighted by Gasteiger charge is -2.44. The number of rotatable bonds is 0. The van der Waals surface area contributed by atoms with Crippen LogP contribution >= 0.6 is 23.2 Å². The van der Waals surface area contributed by atoms with E-state index in [1.165, 1.54) is 43.2 Å². The Morgan fingerprint density at radius 1 is 1.05 bits per heavy atom. The summed E-state index contributed by atoms with van der Waals surface area (Å²) in [5, 5.41) is 0. The van der Waals surface area contributed by atoms with Gasteiger partial charge in [0.2, 0.25) is 0 Å². The molecule has 2 fully saturated rings. The summed E-state index contributed by atoms with van der Waals surface area (Å²) in [6, 6.07) is 8.70. The normalized spacial score (nSPS) is 37.5. The SMILES string of the molecule is CC12c3ccccc3CC3(CCCCC3)N1C2(Cl)Cl. The van der Waals surface area contributed by atoms with Gasteiger partial charge in [0.05, 0.1) is 5.54 Å². The van der Waals surface area contributed by atoms with Crippen molar-refractivity contribution in [1.29, 1.82) is 0 Å². The number of halogens is 2. The minimum absolute atomic E-state index is 0.192. The zero-order chi connectivity index (χ0) is 13.3. The molecule has 0 aromatic heterocycles. The van der Waals surface area contributed by atoms with Crippen molar-refractivity contribution >= 4 is 23.2 Å². The molecule has 3 aliphatic rings. The van der Waals surface area contributed by atoms with Gasteiger partial charge in [-0.15, -0.1) is 0 Å². The van der Waals surface area contributed by atoms with Crippen molar-refractivity contribution in [3.8, 4) is 0 Å². The highest BCUT2D eigenvalue weighted by atomic mass is 35.5. The first-order valence-corrected chi connectivity index (χ1v) is 8.05. The molecule has 2 unspecified atom stereocenters. The average Bonchev–Trinajstić information content (AvgIpc) is 2.87. The highest BCUT2D eigenvalue weighted by Gasteiger charge is 2.79. The van der Waals surface area contributed by atoms with Gasteiger partial charge in [0.15, 0.2) is 4.46 Å². The van der Waals surface area contributed by atoms with Gasteiger partial charge in [-0.1, -0.05) is 66.7 Å². The van der Waals surface area contributed by atoms with Crippen molar-refractivity contribution in [2.24, 2.45) is 0 Å². The molecule has 2 heterocycles. The quantitative estimate of drug-likeness (QED) is 0.384. The summed E-state index contributed by atoms with van der Waals surface area (Å²) in [5.41, 5.74) is 2.79. The minimum Gasteiger partial charge on any atom is -0.250 e. The molecule has 0 amide bonds. The molecule has 1 aromatic rings. The van der Waals surface area contributed by atoms with Gasteiger partial charge >= 0.3 is 0 Å². The topological polar surface area (TPSA) is 3.01 Å². The van der Waals surface area contributed by atoms with Crippen molar-refractivity contribution < 1.29 is 0 Å². The molecule has 19 heavy (non-hydrogen) atoms. The summed E-state index contributed by atoms with van der Waals surface area (Å²) in [5.74, 6) is 0. The van der Waals surface area contributed by atoms with Gasteiger partial charge in [0.1, 0.15) is 0 Å². The van der Waals surface area contributed by atoms with Gasteiger partial charge in [-0.25, -0.2) is 0 Å². The zero-order valence-corrected chi connectivity index (χ0v) is 12.8. The Kier molecular flexibility index (Phi) is 2.43. The molecule has 3 heteroatoms. The molecule has 1 saturated carbocycles. The lowest BCUT2D eigenvalue weighted by atomic mass is 9.73. The molecule has 4 rings (SSSR count). The number of hydrogen-bond donors (Lipinski definition) is 0. The van der Waals surface area contributed by atoms with Crippen LogP contribution in [0.2, 0.25) is 0 Å². The Bertz CT molecular complexity index is 533. The molecular weight excluding hydrogens is 277 g/mol. The van der Waals surface area contributed by atoms with Gasteiger partial charge in [0, 0.05) is 5.54 Å². The van der Waals surface area contributed by atoms with Crippen LogP contribution in [0.3, 0.4) is 0 Å². The summed E-state index contributed by atoms with van der Waals surface area (Å²) < 4.78 is -0.725. The van der Waals surface area contributed by atoms with Crippen molar-refractivity contribution in [1.82, 2.24) is 4.90 Å². The minimum atomic E-state index is -0.725. The van der Waals surface area contributed by atoms with Crippen molar-refractivity contribution in [3.05, 3.63) is 35.4 Å². The Labute approximate surface area is 124 Å². The summed E-state index contributed by atoms with van der Waals surface area (Å²) in [4.78, 5) is 2.40.